The van der Waals surface area contributed by atoms with Crippen molar-refractivity contribution in [2.75, 3.05) is 0 Å². The Morgan fingerprint density at radius 2 is 1.06 bits per heavy atom. The van der Waals surface area contributed by atoms with Crippen molar-refractivity contribution in [2.24, 2.45) is 0 Å². The van der Waals surface area contributed by atoms with Crippen molar-refractivity contribution in [1.82, 2.24) is 0 Å². The van der Waals surface area contributed by atoms with Crippen molar-refractivity contribution >= 4 is 5.78 Å². The largest absolute Gasteiger partial charge is 0.385 e. The van der Waals surface area contributed by atoms with E-state index in [0.29, 0.717) is 36.8 Å². The van der Waals surface area contributed by atoms with Gasteiger partial charge < -0.3 is 10.2 Å². The minimum Gasteiger partial charge on any atom is -0.385 e. The first kappa shape index (κ1) is 23.2. The second-order valence-corrected chi connectivity index (χ2v) is 9.98. The molecule has 0 saturated heterocycles. The Hall–Kier alpha value is -1.97. The molecule has 0 radical (unpaired) electrons. The van der Waals surface area contributed by atoms with Crippen LogP contribution in [0.4, 0.5) is 0 Å². The number of hydrogen-bond acceptors (Lipinski definition) is 3. The number of aryl methyl sites for hydroxylation is 2. The standard InChI is InChI=1S/C29H38O3/c1-3-21-11-13-23(25(19-21)28(31)15-7-5-8-16-28)27(30)24-14-12-22(4-2)20-26(24)29(32)17-9-6-10-18-29/h11-14,19-20,31-32H,3-10,15-18H2,1-2H3. The summed E-state index contributed by atoms with van der Waals surface area (Å²) in [7, 11) is 0. The lowest BCUT2D eigenvalue weighted by molar-refractivity contribution is -0.00194. The highest BCUT2D eigenvalue weighted by molar-refractivity contribution is 6.11. The Morgan fingerprint density at radius 1 is 0.688 bits per heavy atom. The van der Waals surface area contributed by atoms with Crippen LogP contribution >= 0.6 is 0 Å². The molecule has 0 unspecified atom stereocenters. The third kappa shape index (κ3) is 4.43. The molecular weight excluding hydrogens is 396 g/mol. The van der Waals surface area contributed by atoms with Crippen molar-refractivity contribution < 1.29 is 15.0 Å². The van der Waals surface area contributed by atoms with Gasteiger partial charge in [-0.3, -0.25) is 4.79 Å². The molecule has 2 saturated carbocycles. The molecule has 3 nitrogen and oxygen atoms in total. The molecule has 0 heterocycles. The third-order valence-electron chi connectivity index (χ3n) is 7.84. The second-order valence-electron chi connectivity index (χ2n) is 9.98. The normalized spacial score (nSPS) is 20.1. The van der Waals surface area contributed by atoms with Crippen LogP contribution in [0, 0.1) is 0 Å². The van der Waals surface area contributed by atoms with Crippen LogP contribution in [0.2, 0.25) is 0 Å². The molecule has 2 aromatic carbocycles. The highest BCUT2D eigenvalue weighted by Crippen LogP contribution is 2.42. The smallest absolute Gasteiger partial charge is 0.193 e. The summed E-state index contributed by atoms with van der Waals surface area (Å²) >= 11 is 0. The van der Waals surface area contributed by atoms with Crippen molar-refractivity contribution in [3.63, 3.8) is 0 Å². The predicted molar refractivity (Wildman–Crippen MR) is 129 cm³/mol. The molecule has 2 aromatic rings. The summed E-state index contributed by atoms with van der Waals surface area (Å²) in [5.41, 5.74) is 3.14. The number of carbonyl (C=O) groups excluding carboxylic acids is 1. The van der Waals surface area contributed by atoms with Crippen LogP contribution in [0.3, 0.4) is 0 Å². The first-order valence-electron chi connectivity index (χ1n) is 12.7. The molecule has 2 fully saturated rings. The van der Waals surface area contributed by atoms with Crippen LogP contribution in [0.25, 0.3) is 0 Å². The minimum atomic E-state index is -0.945. The lowest BCUT2D eigenvalue weighted by Gasteiger charge is -2.36. The van der Waals surface area contributed by atoms with Gasteiger partial charge in [-0.05, 0) is 60.8 Å². The van der Waals surface area contributed by atoms with Gasteiger partial charge in [-0.1, -0.05) is 88.8 Å². The summed E-state index contributed by atoms with van der Waals surface area (Å²) in [4.78, 5) is 14.0. The molecule has 0 spiro atoms. The van der Waals surface area contributed by atoms with Crippen LogP contribution in [-0.2, 0) is 24.0 Å². The van der Waals surface area contributed by atoms with E-state index in [4.69, 9.17) is 0 Å². The van der Waals surface area contributed by atoms with Crippen molar-refractivity contribution in [1.29, 1.82) is 0 Å². The quantitative estimate of drug-likeness (QED) is 0.521. The molecule has 0 aromatic heterocycles. The van der Waals surface area contributed by atoms with Crippen LogP contribution in [-0.4, -0.2) is 16.0 Å². The number of benzene rings is 2. The molecule has 4 rings (SSSR count). The van der Waals surface area contributed by atoms with E-state index >= 15 is 0 Å². The van der Waals surface area contributed by atoms with Crippen molar-refractivity contribution in [3.8, 4) is 0 Å². The third-order valence-corrected chi connectivity index (χ3v) is 7.84. The maximum Gasteiger partial charge on any atom is 0.193 e. The molecule has 0 atom stereocenters. The van der Waals surface area contributed by atoms with Crippen LogP contribution in [0.1, 0.15) is 116 Å². The predicted octanol–water partition coefficient (Wildman–Crippen LogP) is 6.35. The van der Waals surface area contributed by atoms with E-state index in [9.17, 15) is 15.0 Å². The van der Waals surface area contributed by atoms with Gasteiger partial charge in [-0.25, -0.2) is 0 Å². The fourth-order valence-electron chi connectivity index (χ4n) is 5.75. The average Bonchev–Trinajstić information content (AvgIpc) is 2.83. The van der Waals surface area contributed by atoms with E-state index < -0.39 is 11.2 Å². The molecule has 2 aliphatic rings. The Morgan fingerprint density at radius 3 is 1.41 bits per heavy atom. The number of carbonyl (C=O) groups is 1. The van der Waals surface area contributed by atoms with Gasteiger partial charge in [0.15, 0.2) is 5.78 Å². The van der Waals surface area contributed by atoms with Crippen LogP contribution in [0.5, 0.6) is 0 Å². The summed E-state index contributed by atoms with van der Waals surface area (Å²) in [6.45, 7) is 4.21. The molecule has 2 aliphatic carbocycles. The molecule has 172 valence electrons. The Bertz CT molecular complexity index is 885. The minimum absolute atomic E-state index is 0.0710. The van der Waals surface area contributed by atoms with Crippen molar-refractivity contribution in [3.05, 3.63) is 69.8 Å². The van der Waals surface area contributed by atoms with Gasteiger partial charge in [0.05, 0.1) is 11.2 Å². The monoisotopic (exact) mass is 434 g/mol. The van der Waals surface area contributed by atoms with Crippen LogP contribution in [0.15, 0.2) is 36.4 Å². The summed E-state index contributed by atoms with van der Waals surface area (Å²) in [5, 5.41) is 23.2. The summed E-state index contributed by atoms with van der Waals surface area (Å²) in [5.74, 6) is -0.0710. The lowest BCUT2D eigenvalue weighted by atomic mass is 9.74. The molecular formula is C29H38O3. The van der Waals surface area contributed by atoms with Gasteiger partial charge >= 0.3 is 0 Å². The van der Waals surface area contributed by atoms with E-state index in [1.54, 1.807) is 0 Å². The number of hydrogen-bond donors (Lipinski definition) is 2. The van der Waals surface area contributed by atoms with Gasteiger partial charge in [0.1, 0.15) is 0 Å². The molecule has 32 heavy (non-hydrogen) atoms. The average molecular weight is 435 g/mol. The number of rotatable bonds is 6. The number of ketones is 1. The number of aliphatic hydroxyl groups is 2. The lowest BCUT2D eigenvalue weighted by Crippen LogP contribution is -2.33. The van der Waals surface area contributed by atoms with E-state index in [1.165, 1.54) is 0 Å². The summed E-state index contributed by atoms with van der Waals surface area (Å²) in [6.07, 6.45) is 10.7. The first-order chi connectivity index (χ1) is 15.4. The van der Waals surface area contributed by atoms with E-state index in [2.05, 4.69) is 13.8 Å². The van der Waals surface area contributed by atoms with Gasteiger partial charge in [0, 0.05) is 11.1 Å². The SMILES string of the molecule is CCc1ccc(C(=O)c2ccc(CC)cc2C2(O)CCCCC2)c(C2(O)CCCCC2)c1. The summed E-state index contributed by atoms with van der Waals surface area (Å²) in [6, 6.07) is 11.9. The zero-order valence-corrected chi connectivity index (χ0v) is 19.8. The topological polar surface area (TPSA) is 57.5 Å². The second kappa shape index (κ2) is 9.49. The van der Waals surface area contributed by atoms with Gasteiger partial charge in [-0.2, -0.15) is 0 Å². The summed E-state index contributed by atoms with van der Waals surface area (Å²) < 4.78 is 0. The van der Waals surface area contributed by atoms with E-state index in [1.807, 2.05) is 36.4 Å². The molecule has 0 aliphatic heterocycles. The Balaban J connectivity index is 1.83. The maximum atomic E-state index is 14.0. The molecule has 3 heteroatoms. The fraction of sp³-hybridized carbons (Fsp3) is 0.552. The molecule has 2 N–H and O–H groups in total. The van der Waals surface area contributed by atoms with Gasteiger partial charge in [0.25, 0.3) is 0 Å². The molecule has 0 amide bonds. The Kier molecular flexibility index (Phi) is 6.88. The maximum absolute atomic E-state index is 14.0. The van der Waals surface area contributed by atoms with E-state index in [-0.39, 0.29) is 5.78 Å². The Labute approximate surface area is 192 Å². The molecule has 0 bridgehead atoms. The van der Waals surface area contributed by atoms with Gasteiger partial charge in [0.2, 0.25) is 0 Å². The van der Waals surface area contributed by atoms with Crippen LogP contribution < -0.4 is 0 Å². The zero-order chi connectivity index (χ0) is 22.8. The highest BCUT2D eigenvalue weighted by Gasteiger charge is 2.38. The first-order valence-corrected chi connectivity index (χ1v) is 12.7. The highest BCUT2D eigenvalue weighted by atomic mass is 16.3. The van der Waals surface area contributed by atoms with Gasteiger partial charge in [-0.15, -0.1) is 0 Å². The fourth-order valence-corrected chi connectivity index (χ4v) is 5.75. The van der Waals surface area contributed by atoms with Crippen molar-refractivity contribution in [2.45, 2.75) is 102 Å². The van der Waals surface area contributed by atoms with E-state index in [0.717, 1.165) is 73.6 Å². The zero-order valence-electron chi connectivity index (χ0n) is 19.8.